The predicted molar refractivity (Wildman–Crippen MR) is 120 cm³/mol. The minimum absolute atomic E-state index is 0.0687. The molecule has 1 saturated heterocycles. The first-order valence-corrected chi connectivity index (χ1v) is 11.5. The summed E-state index contributed by atoms with van der Waals surface area (Å²) in [4.78, 5) is 15.4. The molecule has 0 saturated carbocycles. The molecule has 1 fully saturated rings. The maximum atomic E-state index is 12.9. The maximum Gasteiger partial charge on any atom is 0.256 e. The van der Waals surface area contributed by atoms with Crippen LogP contribution in [-0.2, 0) is 9.53 Å². The van der Waals surface area contributed by atoms with E-state index >= 15 is 0 Å². The molecular formula is C24H40N2O3. The number of anilines is 1. The van der Waals surface area contributed by atoms with Crippen molar-refractivity contribution in [2.45, 2.75) is 77.7 Å². The number of unbranched alkanes of at least 4 members (excludes halogenated alkanes) is 2. The second-order valence-corrected chi connectivity index (χ2v) is 8.27. The van der Waals surface area contributed by atoms with Gasteiger partial charge in [0.15, 0.2) is 0 Å². The second-order valence-electron chi connectivity index (χ2n) is 8.27. The Labute approximate surface area is 177 Å². The normalized spacial score (nSPS) is 16.9. The number of hydrogen-bond acceptors (Lipinski definition) is 4. The lowest BCUT2D eigenvalue weighted by Crippen LogP contribution is -2.43. The average Bonchev–Trinajstić information content (AvgIpc) is 2.74. The van der Waals surface area contributed by atoms with Crippen molar-refractivity contribution in [2.24, 2.45) is 0 Å². The Hall–Kier alpha value is -1.59. The fraction of sp³-hybridized carbons (Fsp3) is 0.708. The number of benzene rings is 1. The number of likely N-dealkylation sites (tertiary alicyclic amines) is 1. The molecule has 0 bridgehead atoms. The van der Waals surface area contributed by atoms with Crippen LogP contribution in [0.2, 0.25) is 0 Å². The lowest BCUT2D eigenvalue weighted by molar-refractivity contribution is -0.140. The van der Waals surface area contributed by atoms with E-state index in [0.29, 0.717) is 13.2 Å². The van der Waals surface area contributed by atoms with Crippen LogP contribution in [0.5, 0.6) is 5.75 Å². The van der Waals surface area contributed by atoms with Crippen molar-refractivity contribution < 1.29 is 14.3 Å². The van der Waals surface area contributed by atoms with Gasteiger partial charge < -0.3 is 14.8 Å². The molecular weight excluding hydrogens is 364 g/mol. The van der Waals surface area contributed by atoms with Crippen LogP contribution >= 0.6 is 0 Å². The fourth-order valence-electron chi connectivity index (χ4n) is 3.66. The number of ether oxygens (including phenoxy) is 2. The number of carbonyl (C=O) groups excluding carboxylic acids is 1. The molecule has 1 aromatic carbocycles. The molecule has 1 heterocycles. The molecule has 1 aliphatic rings. The van der Waals surface area contributed by atoms with Crippen molar-refractivity contribution in [1.29, 1.82) is 0 Å². The summed E-state index contributed by atoms with van der Waals surface area (Å²) in [7, 11) is 0. The van der Waals surface area contributed by atoms with Gasteiger partial charge in [-0.15, -0.1) is 0 Å². The van der Waals surface area contributed by atoms with Crippen LogP contribution in [0.1, 0.15) is 72.1 Å². The lowest BCUT2D eigenvalue weighted by Gasteiger charge is -2.29. The van der Waals surface area contributed by atoms with Crippen LogP contribution in [0, 0.1) is 0 Å². The first-order valence-electron chi connectivity index (χ1n) is 11.5. The van der Waals surface area contributed by atoms with E-state index < -0.39 is 5.60 Å². The number of hydrogen-bond donors (Lipinski definition) is 1. The van der Waals surface area contributed by atoms with E-state index in [2.05, 4.69) is 24.1 Å². The first-order chi connectivity index (χ1) is 14.1. The molecule has 1 amide bonds. The quantitative estimate of drug-likeness (QED) is 0.456. The van der Waals surface area contributed by atoms with Gasteiger partial charge >= 0.3 is 0 Å². The first kappa shape index (κ1) is 23.7. The van der Waals surface area contributed by atoms with Gasteiger partial charge in [0.05, 0.1) is 0 Å². The van der Waals surface area contributed by atoms with Gasteiger partial charge in [-0.2, -0.15) is 0 Å². The summed E-state index contributed by atoms with van der Waals surface area (Å²) in [5.41, 5.74) is -0.00498. The summed E-state index contributed by atoms with van der Waals surface area (Å²) in [6.07, 6.45) is 8.83. The number of nitrogens with one attached hydrogen (secondary N) is 1. The predicted octanol–water partition coefficient (Wildman–Crippen LogP) is 5.26. The molecule has 5 nitrogen and oxygen atoms in total. The highest BCUT2D eigenvalue weighted by molar-refractivity contribution is 5.97. The van der Waals surface area contributed by atoms with Crippen molar-refractivity contribution >= 4 is 11.6 Å². The highest BCUT2D eigenvalue weighted by atomic mass is 16.5. The van der Waals surface area contributed by atoms with Crippen molar-refractivity contribution in [3.05, 3.63) is 24.3 Å². The number of nitrogens with zero attached hydrogens (tertiary/aromatic N) is 1. The highest BCUT2D eigenvalue weighted by Gasteiger charge is 2.33. The van der Waals surface area contributed by atoms with Crippen LogP contribution in [0.4, 0.5) is 5.69 Å². The fourth-order valence-corrected chi connectivity index (χ4v) is 3.66. The summed E-state index contributed by atoms with van der Waals surface area (Å²) in [5, 5.41) is 3.03. The van der Waals surface area contributed by atoms with Gasteiger partial charge in [-0.1, -0.05) is 39.5 Å². The topological polar surface area (TPSA) is 50.8 Å². The van der Waals surface area contributed by atoms with Crippen LogP contribution in [0.15, 0.2) is 24.3 Å². The minimum Gasteiger partial charge on any atom is -0.492 e. The Balaban J connectivity index is 1.83. The average molecular weight is 405 g/mol. The zero-order chi connectivity index (χ0) is 21.0. The van der Waals surface area contributed by atoms with Gasteiger partial charge in [0.2, 0.25) is 0 Å². The lowest BCUT2D eigenvalue weighted by atomic mass is 9.96. The minimum atomic E-state index is -0.783. The summed E-state index contributed by atoms with van der Waals surface area (Å²) < 4.78 is 11.8. The molecule has 1 aliphatic heterocycles. The highest BCUT2D eigenvalue weighted by Crippen LogP contribution is 2.23. The molecule has 164 valence electrons. The van der Waals surface area contributed by atoms with Gasteiger partial charge in [-0.3, -0.25) is 9.69 Å². The maximum absolute atomic E-state index is 12.9. The summed E-state index contributed by atoms with van der Waals surface area (Å²) in [5.74, 6) is 0.772. The zero-order valence-corrected chi connectivity index (χ0v) is 18.7. The second kappa shape index (κ2) is 12.9. The van der Waals surface area contributed by atoms with E-state index in [4.69, 9.17) is 9.47 Å². The molecule has 0 aliphatic carbocycles. The molecule has 0 unspecified atom stereocenters. The smallest absolute Gasteiger partial charge is 0.256 e. The number of rotatable bonds is 13. The van der Waals surface area contributed by atoms with Gasteiger partial charge in [0, 0.05) is 18.8 Å². The molecule has 5 heteroatoms. The van der Waals surface area contributed by atoms with Crippen LogP contribution in [-0.4, -0.2) is 49.3 Å². The van der Waals surface area contributed by atoms with Crippen molar-refractivity contribution in [1.82, 2.24) is 4.90 Å². The Morgan fingerprint density at radius 1 is 1.03 bits per heavy atom. The van der Waals surface area contributed by atoms with Crippen LogP contribution < -0.4 is 10.1 Å². The summed E-state index contributed by atoms with van der Waals surface area (Å²) in [6.45, 7) is 10.8. The van der Waals surface area contributed by atoms with Crippen LogP contribution in [0.3, 0.4) is 0 Å². The molecule has 2 rings (SSSR count). The molecule has 0 spiro atoms. The van der Waals surface area contributed by atoms with E-state index in [1.54, 1.807) is 0 Å². The van der Waals surface area contributed by atoms with Crippen molar-refractivity contribution in [3.63, 3.8) is 0 Å². The summed E-state index contributed by atoms with van der Waals surface area (Å²) >= 11 is 0. The van der Waals surface area contributed by atoms with E-state index in [9.17, 15) is 4.79 Å². The monoisotopic (exact) mass is 404 g/mol. The Morgan fingerprint density at radius 3 is 2.41 bits per heavy atom. The molecule has 1 N–H and O–H groups in total. The largest absolute Gasteiger partial charge is 0.492 e. The third-order valence-corrected chi connectivity index (χ3v) is 5.60. The van der Waals surface area contributed by atoms with Gasteiger partial charge in [0.1, 0.15) is 18.0 Å². The number of amides is 1. The van der Waals surface area contributed by atoms with Gasteiger partial charge in [-0.05, 0) is 70.0 Å². The standard InChI is InChI=1S/C24H40N2O3/c1-4-6-8-15-24(3,29-19-5-2)23(27)25-21-11-13-22(14-12-21)28-20-18-26-16-9-7-10-17-26/h11-14H,4-10,15-20H2,1-3H3,(H,25,27)/t24-/m0/s1. The van der Waals surface area contributed by atoms with Crippen molar-refractivity contribution in [2.75, 3.05) is 38.2 Å². The van der Waals surface area contributed by atoms with E-state index in [0.717, 1.165) is 50.1 Å². The SMILES string of the molecule is CCCCC[C@](C)(OCCC)C(=O)Nc1ccc(OCCN2CCCCC2)cc1. The molecule has 1 atom stereocenters. The van der Waals surface area contributed by atoms with Gasteiger partial charge in [-0.25, -0.2) is 0 Å². The Morgan fingerprint density at radius 2 is 1.76 bits per heavy atom. The van der Waals surface area contributed by atoms with E-state index in [1.165, 1.54) is 32.4 Å². The van der Waals surface area contributed by atoms with Crippen LogP contribution in [0.25, 0.3) is 0 Å². The molecule has 0 radical (unpaired) electrons. The Kier molecular flexibility index (Phi) is 10.5. The Bertz CT molecular complexity index is 584. The third-order valence-electron chi connectivity index (χ3n) is 5.60. The van der Waals surface area contributed by atoms with E-state index in [1.807, 2.05) is 31.2 Å². The number of carbonyl (C=O) groups is 1. The zero-order valence-electron chi connectivity index (χ0n) is 18.7. The molecule has 1 aromatic rings. The molecule has 29 heavy (non-hydrogen) atoms. The summed E-state index contributed by atoms with van der Waals surface area (Å²) in [6, 6.07) is 7.65. The van der Waals surface area contributed by atoms with E-state index in [-0.39, 0.29) is 5.91 Å². The van der Waals surface area contributed by atoms with Crippen molar-refractivity contribution in [3.8, 4) is 5.75 Å². The molecule has 0 aromatic heterocycles. The third kappa shape index (κ3) is 8.35. The number of piperidine rings is 1. The van der Waals surface area contributed by atoms with Gasteiger partial charge in [0.25, 0.3) is 5.91 Å².